The van der Waals surface area contributed by atoms with Crippen LogP contribution in [0.1, 0.15) is 32.6 Å². The number of carbonyl (C=O) groups is 1. The number of hydrogen-bond donors (Lipinski definition) is 2. The molecule has 0 aromatic carbocycles. The second kappa shape index (κ2) is 4.49. The Balaban J connectivity index is 1.70. The fraction of sp³-hybridized carbons (Fsp3) is 0.909. The zero-order valence-electron chi connectivity index (χ0n) is 9.41. The van der Waals surface area contributed by atoms with Crippen molar-refractivity contribution >= 4 is 5.91 Å². The van der Waals surface area contributed by atoms with Gasteiger partial charge in [0, 0.05) is 25.2 Å². The Morgan fingerprint density at radius 2 is 1.93 bits per heavy atom. The molecule has 0 aromatic rings. The molecular weight excluding hydrogens is 190 g/mol. The fourth-order valence-corrected chi connectivity index (χ4v) is 2.18. The predicted octanol–water partition coefficient (Wildman–Crippen LogP) is 0.0766. The smallest absolute Gasteiger partial charge is 0.236 e. The van der Waals surface area contributed by atoms with Crippen LogP contribution in [-0.2, 0) is 4.79 Å². The highest BCUT2D eigenvalue weighted by atomic mass is 16.2. The van der Waals surface area contributed by atoms with Crippen LogP contribution in [0, 0.1) is 0 Å². The molecule has 2 rings (SSSR count). The molecule has 15 heavy (non-hydrogen) atoms. The third kappa shape index (κ3) is 2.92. The summed E-state index contributed by atoms with van der Waals surface area (Å²) in [6.45, 7) is 4.00. The third-order valence-electron chi connectivity index (χ3n) is 3.35. The number of nitrogens with zero attached hydrogens (tertiary/aromatic N) is 1. The van der Waals surface area contributed by atoms with E-state index < -0.39 is 0 Å². The first-order valence-electron chi connectivity index (χ1n) is 5.97. The number of rotatable bonds is 3. The Hall–Kier alpha value is -0.610. The first-order chi connectivity index (χ1) is 7.16. The molecule has 1 amide bonds. The SMILES string of the molecule is C[C@H](N)C(=O)NC1CCN(C2CC2)CC1. The highest BCUT2D eigenvalue weighted by Crippen LogP contribution is 2.29. The zero-order valence-corrected chi connectivity index (χ0v) is 9.41. The van der Waals surface area contributed by atoms with Crippen molar-refractivity contribution in [3.63, 3.8) is 0 Å². The van der Waals surface area contributed by atoms with Gasteiger partial charge in [-0.25, -0.2) is 0 Å². The highest BCUT2D eigenvalue weighted by molar-refractivity contribution is 5.81. The van der Waals surface area contributed by atoms with E-state index in [2.05, 4.69) is 10.2 Å². The predicted molar refractivity (Wildman–Crippen MR) is 59.4 cm³/mol. The molecule has 86 valence electrons. The lowest BCUT2D eigenvalue weighted by molar-refractivity contribution is -0.123. The van der Waals surface area contributed by atoms with Gasteiger partial charge in [0.15, 0.2) is 0 Å². The van der Waals surface area contributed by atoms with Crippen molar-refractivity contribution in [1.82, 2.24) is 10.2 Å². The van der Waals surface area contributed by atoms with Gasteiger partial charge in [-0.1, -0.05) is 0 Å². The molecule has 1 aliphatic heterocycles. The molecule has 1 saturated heterocycles. The van der Waals surface area contributed by atoms with Gasteiger partial charge in [0.05, 0.1) is 6.04 Å². The van der Waals surface area contributed by atoms with Crippen LogP contribution in [0.3, 0.4) is 0 Å². The van der Waals surface area contributed by atoms with Crippen LogP contribution in [0.2, 0.25) is 0 Å². The molecule has 2 aliphatic rings. The van der Waals surface area contributed by atoms with Crippen LogP contribution < -0.4 is 11.1 Å². The number of hydrogen-bond acceptors (Lipinski definition) is 3. The monoisotopic (exact) mass is 211 g/mol. The Morgan fingerprint density at radius 3 is 2.40 bits per heavy atom. The summed E-state index contributed by atoms with van der Waals surface area (Å²) in [4.78, 5) is 13.9. The standard InChI is InChI=1S/C11H21N3O/c1-8(12)11(15)13-9-4-6-14(7-5-9)10-2-3-10/h8-10H,2-7,12H2,1H3,(H,13,15)/t8-/m0/s1. The lowest BCUT2D eigenvalue weighted by Gasteiger charge is -2.32. The van der Waals surface area contributed by atoms with Gasteiger partial charge in [0.1, 0.15) is 0 Å². The second-order valence-corrected chi connectivity index (χ2v) is 4.84. The number of carbonyl (C=O) groups excluding carboxylic acids is 1. The third-order valence-corrected chi connectivity index (χ3v) is 3.35. The van der Waals surface area contributed by atoms with E-state index in [1.807, 2.05) is 0 Å². The van der Waals surface area contributed by atoms with Crippen molar-refractivity contribution in [2.75, 3.05) is 13.1 Å². The summed E-state index contributed by atoms with van der Waals surface area (Å²) in [7, 11) is 0. The Kier molecular flexibility index (Phi) is 3.26. The van der Waals surface area contributed by atoms with E-state index in [1.165, 1.54) is 12.8 Å². The zero-order chi connectivity index (χ0) is 10.8. The summed E-state index contributed by atoms with van der Waals surface area (Å²) >= 11 is 0. The summed E-state index contributed by atoms with van der Waals surface area (Å²) in [6, 6.07) is 0.819. The molecule has 2 fully saturated rings. The minimum atomic E-state index is -0.383. The molecule has 0 aromatic heterocycles. The maximum atomic E-state index is 11.4. The van der Waals surface area contributed by atoms with Gasteiger partial charge in [-0.05, 0) is 32.6 Å². The summed E-state index contributed by atoms with van der Waals surface area (Å²) in [5, 5.41) is 3.01. The van der Waals surface area contributed by atoms with Gasteiger partial charge in [-0.15, -0.1) is 0 Å². The van der Waals surface area contributed by atoms with E-state index in [-0.39, 0.29) is 11.9 Å². The van der Waals surface area contributed by atoms with Gasteiger partial charge < -0.3 is 16.0 Å². The Bertz CT molecular complexity index is 230. The molecule has 1 aliphatic carbocycles. The van der Waals surface area contributed by atoms with Gasteiger partial charge in [0.25, 0.3) is 0 Å². The highest BCUT2D eigenvalue weighted by Gasteiger charge is 2.32. The van der Waals surface area contributed by atoms with E-state index in [0.717, 1.165) is 32.0 Å². The lowest BCUT2D eigenvalue weighted by Crippen LogP contribution is -2.49. The van der Waals surface area contributed by atoms with Crippen molar-refractivity contribution in [3.05, 3.63) is 0 Å². The van der Waals surface area contributed by atoms with E-state index in [1.54, 1.807) is 6.92 Å². The minimum Gasteiger partial charge on any atom is -0.352 e. The molecule has 0 radical (unpaired) electrons. The minimum absolute atomic E-state index is 0.0140. The van der Waals surface area contributed by atoms with E-state index in [4.69, 9.17) is 5.73 Å². The Morgan fingerprint density at radius 1 is 1.33 bits per heavy atom. The number of likely N-dealkylation sites (tertiary alicyclic amines) is 1. The topological polar surface area (TPSA) is 58.4 Å². The van der Waals surface area contributed by atoms with Crippen molar-refractivity contribution in [3.8, 4) is 0 Å². The summed E-state index contributed by atoms with van der Waals surface area (Å²) in [5.74, 6) is -0.0140. The molecule has 0 unspecified atom stereocenters. The number of piperidine rings is 1. The number of nitrogens with one attached hydrogen (secondary N) is 1. The maximum Gasteiger partial charge on any atom is 0.236 e. The van der Waals surface area contributed by atoms with E-state index in [0.29, 0.717) is 6.04 Å². The molecule has 3 N–H and O–H groups in total. The van der Waals surface area contributed by atoms with Gasteiger partial charge in [-0.2, -0.15) is 0 Å². The van der Waals surface area contributed by atoms with Crippen LogP contribution in [0.4, 0.5) is 0 Å². The quantitative estimate of drug-likeness (QED) is 0.695. The first-order valence-corrected chi connectivity index (χ1v) is 5.97. The van der Waals surface area contributed by atoms with Crippen molar-refractivity contribution in [1.29, 1.82) is 0 Å². The Labute approximate surface area is 91.2 Å². The van der Waals surface area contributed by atoms with Gasteiger partial charge in [-0.3, -0.25) is 4.79 Å². The molecule has 0 bridgehead atoms. The summed E-state index contributed by atoms with van der Waals surface area (Å²) in [6.07, 6.45) is 4.90. The molecule has 1 heterocycles. The van der Waals surface area contributed by atoms with E-state index >= 15 is 0 Å². The largest absolute Gasteiger partial charge is 0.352 e. The molecular formula is C11H21N3O. The maximum absolute atomic E-state index is 11.4. The molecule has 0 spiro atoms. The summed E-state index contributed by atoms with van der Waals surface area (Å²) in [5.41, 5.74) is 5.52. The van der Waals surface area contributed by atoms with Crippen LogP contribution in [-0.4, -0.2) is 42.0 Å². The van der Waals surface area contributed by atoms with Crippen LogP contribution in [0.5, 0.6) is 0 Å². The van der Waals surface area contributed by atoms with Crippen molar-refractivity contribution < 1.29 is 4.79 Å². The molecule has 4 nitrogen and oxygen atoms in total. The van der Waals surface area contributed by atoms with Crippen LogP contribution in [0.15, 0.2) is 0 Å². The molecule has 4 heteroatoms. The average molecular weight is 211 g/mol. The normalized spacial score (nSPS) is 26.3. The van der Waals surface area contributed by atoms with Gasteiger partial charge in [0.2, 0.25) is 5.91 Å². The van der Waals surface area contributed by atoms with E-state index in [9.17, 15) is 4.79 Å². The number of nitrogens with two attached hydrogens (primary N) is 1. The van der Waals surface area contributed by atoms with Crippen molar-refractivity contribution in [2.45, 2.75) is 50.7 Å². The molecule has 1 saturated carbocycles. The number of amides is 1. The first kappa shape index (κ1) is 10.9. The molecule has 1 atom stereocenters. The fourth-order valence-electron chi connectivity index (χ4n) is 2.18. The van der Waals surface area contributed by atoms with Gasteiger partial charge >= 0.3 is 0 Å². The summed E-state index contributed by atoms with van der Waals surface area (Å²) < 4.78 is 0. The van der Waals surface area contributed by atoms with Crippen molar-refractivity contribution in [2.24, 2.45) is 5.73 Å². The average Bonchev–Trinajstić information content (AvgIpc) is 3.02. The second-order valence-electron chi connectivity index (χ2n) is 4.84. The lowest BCUT2D eigenvalue weighted by atomic mass is 10.0. The van der Waals surface area contributed by atoms with Crippen LogP contribution in [0.25, 0.3) is 0 Å². The van der Waals surface area contributed by atoms with Crippen LogP contribution >= 0.6 is 0 Å².